The average molecular weight is 171 g/mol. The summed E-state index contributed by atoms with van der Waals surface area (Å²) in [6, 6.07) is 0. The minimum atomic E-state index is 0.631. The second-order valence-electron chi connectivity index (χ2n) is 3.03. The largest absolute Gasteiger partial charge is 0.368 e. The molecule has 2 fully saturated rings. The van der Waals surface area contributed by atoms with Crippen LogP contribution in [0.4, 0.5) is 0 Å². The van der Waals surface area contributed by atoms with Gasteiger partial charge in [-0.25, -0.2) is 0 Å². The molecular weight excluding hydrogens is 154 g/mol. The summed E-state index contributed by atoms with van der Waals surface area (Å²) >= 11 is 1.97. The van der Waals surface area contributed by atoms with Crippen LogP contribution >= 0.6 is 11.8 Å². The molecule has 1 saturated heterocycles. The molecule has 0 radical (unpaired) electrons. The second kappa shape index (κ2) is 3.10. The van der Waals surface area contributed by atoms with Crippen LogP contribution in [-0.4, -0.2) is 23.2 Å². The SMILES string of the molecule is C=C1SC2(CC2)CN1C.CC. The second-order valence-corrected chi connectivity index (χ2v) is 4.58. The van der Waals surface area contributed by atoms with Gasteiger partial charge in [0.1, 0.15) is 0 Å². The quantitative estimate of drug-likeness (QED) is 0.551. The van der Waals surface area contributed by atoms with Crippen LogP contribution in [0.25, 0.3) is 0 Å². The first-order valence-corrected chi connectivity index (χ1v) is 5.13. The van der Waals surface area contributed by atoms with Gasteiger partial charge in [0.2, 0.25) is 0 Å². The van der Waals surface area contributed by atoms with E-state index in [0.717, 1.165) is 0 Å². The molecule has 1 aliphatic heterocycles. The third kappa shape index (κ3) is 1.73. The minimum Gasteiger partial charge on any atom is -0.368 e. The van der Waals surface area contributed by atoms with E-state index >= 15 is 0 Å². The molecule has 0 unspecified atom stereocenters. The molecule has 2 aliphatic rings. The lowest BCUT2D eigenvalue weighted by molar-refractivity contribution is 0.460. The van der Waals surface area contributed by atoms with Gasteiger partial charge in [0, 0.05) is 18.3 Å². The van der Waals surface area contributed by atoms with Gasteiger partial charge < -0.3 is 4.90 Å². The maximum Gasteiger partial charge on any atom is 0.0638 e. The Balaban J connectivity index is 0.000000281. The van der Waals surface area contributed by atoms with Crippen LogP contribution in [0.2, 0.25) is 0 Å². The molecule has 0 N–H and O–H groups in total. The Bertz CT molecular complexity index is 161. The fourth-order valence-corrected chi connectivity index (χ4v) is 2.56. The Morgan fingerprint density at radius 2 is 2.00 bits per heavy atom. The van der Waals surface area contributed by atoms with E-state index < -0.39 is 0 Å². The summed E-state index contributed by atoms with van der Waals surface area (Å²) in [5, 5.41) is 1.26. The molecule has 2 rings (SSSR count). The number of nitrogens with zero attached hydrogens (tertiary/aromatic N) is 1. The van der Waals surface area contributed by atoms with Crippen LogP contribution in [-0.2, 0) is 0 Å². The van der Waals surface area contributed by atoms with Gasteiger partial charge in [-0.05, 0) is 12.8 Å². The zero-order valence-corrected chi connectivity index (χ0v) is 8.50. The van der Waals surface area contributed by atoms with Gasteiger partial charge in [-0.1, -0.05) is 20.4 Å². The van der Waals surface area contributed by atoms with Crippen molar-refractivity contribution < 1.29 is 0 Å². The van der Waals surface area contributed by atoms with E-state index in [-0.39, 0.29) is 0 Å². The van der Waals surface area contributed by atoms with Crippen molar-refractivity contribution in [2.24, 2.45) is 0 Å². The van der Waals surface area contributed by atoms with Crippen molar-refractivity contribution in [3.05, 3.63) is 11.6 Å². The molecule has 1 spiro atoms. The van der Waals surface area contributed by atoms with Crippen LogP contribution < -0.4 is 0 Å². The van der Waals surface area contributed by atoms with Crippen molar-refractivity contribution in [1.82, 2.24) is 4.90 Å². The van der Waals surface area contributed by atoms with E-state index in [1.54, 1.807) is 0 Å². The molecule has 1 heterocycles. The topological polar surface area (TPSA) is 3.24 Å². The summed E-state index contributed by atoms with van der Waals surface area (Å²) in [7, 11) is 2.13. The van der Waals surface area contributed by atoms with E-state index in [1.165, 1.54) is 24.4 Å². The zero-order chi connectivity index (χ0) is 8.48. The molecule has 1 saturated carbocycles. The first-order chi connectivity index (χ1) is 5.22. The zero-order valence-electron chi connectivity index (χ0n) is 7.68. The van der Waals surface area contributed by atoms with Gasteiger partial charge in [-0.3, -0.25) is 0 Å². The predicted octanol–water partition coefficient (Wildman–Crippen LogP) is 2.70. The Morgan fingerprint density at radius 3 is 2.18 bits per heavy atom. The third-order valence-electron chi connectivity index (χ3n) is 2.09. The van der Waals surface area contributed by atoms with Gasteiger partial charge in [0.05, 0.1) is 5.03 Å². The summed E-state index contributed by atoms with van der Waals surface area (Å²) < 4.78 is 0.631. The maximum absolute atomic E-state index is 3.96. The minimum absolute atomic E-state index is 0.631. The summed E-state index contributed by atoms with van der Waals surface area (Å²) in [5.41, 5.74) is 0. The van der Waals surface area contributed by atoms with E-state index in [2.05, 4.69) is 18.5 Å². The third-order valence-corrected chi connectivity index (χ3v) is 3.61. The highest BCUT2D eigenvalue weighted by Gasteiger charge is 2.49. The molecule has 0 aromatic rings. The van der Waals surface area contributed by atoms with Gasteiger partial charge in [-0.15, -0.1) is 11.8 Å². The fraction of sp³-hybridized carbons (Fsp3) is 0.778. The number of rotatable bonds is 0. The monoisotopic (exact) mass is 171 g/mol. The highest BCUT2D eigenvalue weighted by atomic mass is 32.2. The van der Waals surface area contributed by atoms with Crippen molar-refractivity contribution in [2.75, 3.05) is 13.6 Å². The molecule has 1 nitrogen and oxygen atoms in total. The summed E-state index contributed by atoms with van der Waals surface area (Å²) in [5.74, 6) is 0. The Morgan fingerprint density at radius 1 is 1.45 bits per heavy atom. The van der Waals surface area contributed by atoms with E-state index in [0.29, 0.717) is 4.75 Å². The summed E-state index contributed by atoms with van der Waals surface area (Å²) in [4.78, 5) is 2.26. The smallest absolute Gasteiger partial charge is 0.0638 e. The van der Waals surface area contributed by atoms with E-state index in [1.807, 2.05) is 25.6 Å². The Kier molecular flexibility index (Phi) is 2.53. The van der Waals surface area contributed by atoms with Crippen molar-refractivity contribution in [3.63, 3.8) is 0 Å². The standard InChI is InChI=1S/C7H11NS.C2H6/c1-6-8(2)5-7(9-6)3-4-7;1-2/h1,3-5H2,2H3;1-2H3. The Labute approximate surface area is 73.8 Å². The van der Waals surface area contributed by atoms with Crippen molar-refractivity contribution >= 4 is 11.8 Å². The molecular formula is C9H17NS. The molecule has 0 aromatic heterocycles. The first kappa shape index (κ1) is 8.98. The molecule has 2 heteroatoms. The molecule has 0 bridgehead atoms. The lowest BCUT2D eigenvalue weighted by Gasteiger charge is -2.08. The lowest BCUT2D eigenvalue weighted by atomic mass is 10.4. The van der Waals surface area contributed by atoms with Gasteiger partial charge in [0.25, 0.3) is 0 Å². The number of hydrogen-bond acceptors (Lipinski definition) is 2. The summed E-state index contributed by atoms with van der Waals surface area (Å²) in [6.07, 6.45) is 2.81. The molecule has 0 amide bonds. The normalized spacial score (nSPS) is 25.0. The molecule has 0 aromatic carbocycles. The van der Waals surface area contributed by atoms with E-state index in [9.17, 15) is 0 Å². The maximum atomic E-state index is 3.96. The van der Waals surface area contributed by atoms with Gasteiger partial charge >= 0.3 is 0 Å². The Hall–Kier alpha value is -0.110. The van der Waals surface area contributed by atoms with Gasteiger partial charge in [0.15, 0.2) is 0 Å². The highest BCUT2D eigenvalue weighted by Crippen LogP contribution is 2.56. The van der Waals surface area contributed by atoms with Crippen LogP contribution in [0.3, 0.4) is 0 Å². The van der Waals surface area contributed by atoms with Crippen molar-refractivity contribution in [3.8, 4) is 0 Å². The number of hydrogen-bond donors (Lipinski definition) is 0. The molecule has 0 atom stereocenters. The molecule has 1 aliphatic carbocycles. The highest BCUT2D eigenvalue weighted by molar-refractivity contribution is 8.04. The van der Waals surface area contributed by atoms with Crippen LogP contribution in [0.1, 0.15) is 26.7 Å². The lowest BCUT2D eigenvalue weighted by Crippen LogP contribution is -2.15. The van der Waals surface area contributed by atoms with Crippen molar-refractivity contribution in [2.45, 2.75) is 31.4 Å². The number of thioether (sulfide) groups is 1. The van der Waals surface area contributed by atoms with Crippen LogP contribution in [0.15, 0.2) is 11.6 Å². The molecule has 64 valence electrons. The predicted molar refractivity (Wildman–Crippen MR) is 52.7 cm³/mol. The average Bonchev–Trinajstić information content (AvgIpc) is 2.66. The fourth-order valence-electron chi connectivity index (χ4n) is 1.28. The van der Waals surface area contributed by atoms with Crippen LogP contribution in [0.5, 0.6) is 0 Å². The molecule has 11 heavy (non-hydrogen) atoms. The van der Waals surface area contributed by atoms with Gasteiger partial charge in [-0.2, -0.15) is 0 Å². The van der Waals surface area contributed by atoms with E-state index in [4.69, 9.17) is 0 Å². The summed E-state index contributed by atoms with van der Waals surface area (Å²) in [6.45, 7) is 9.19. The van der Waals surface area contributed by atoms with Crippen LogP contribution in [0, 0.1) is 0 Å². The first-order valence-electron chi connectivity index (χ1n) is 4.31. The van der Waals surface area contributed by atoms with Crippen molar-refractivity contribution in [1.29, 1.82) is 0 Å².